The van der Waals surface area contributed by atoms with Gasteiger partial charge in [-0.05, 0) is 42.7 Å². The number of nitrogens with one attached hydrogen (secondary N) is 2. The molecule has 2 aromatic carbocycles. The lowest BCUT2D eigenvalue weighted by Crippen LogP contribution is -2.54. The fourth-order valence-electron chi connectivity index (χ4n) is 4.85. The van der Waals surface area contributed by atoms with Crippen LogP contribution < -0.4 is 20.2 Å². The van der Waals surface area contributed by atoms with Crippen molar-refractivity contribution in [3.05, 3.63) is 76.6 Å². The van der Waals surface area contributed by atoms with Crippen molar-refractivity contribution in [1.29, 1.82) is 0 Å². The standard InChI is InChI=1S/C29H36N6O6S/c1-33-25(17-24(31-33)21-11-12-21)29(37)30-18-23-5-4-6-26(27(23)40-2)41-19-20-7-9-22(10-8-20)28(36)32-34-13-15-35(16-14-34)42(3,38)39/h4-10,17,21H,11-16,18-19H2,1-3H3,(H,30,37)(H,32,36). The number of hydrogen-bond donors (Lipinski definition) is 2. The zero-order valence-electron chi connectivity index (χ0n) is 24.0. The lowest BCUT2D eigenvalue weighted by molar-refractivity contribution is 0.0716. The molecule has 42 heavy (non-hydrogen) atoms. The summed E-state index contributed by atoms with van der Waals surface area (Å²) in [6.07, 6.45) is 3.43. The number of sulfonamides is 1. The number of nitrogens with zero attached hydrogens (tertiary/aromatic N) is 4. The summed E-state index contributed by atoms with van der Waals surface area (Å²) >= 11 is 0. The summed E-state index contributed by atoms with van der Waals surface area (Å²) in [4.78, 5) is 25.5. The number of hydrazine groups is 1. The molecule has 1 aliphatic heterocycles. The van der Waals surface area contributed by atoms with E-state index >= 15 is 0 Å². The topological polar surface area (TPSA) is 135 Å². The van der Waals surface area contributed by atoms with Crippen LogP contribution in [0.1, 0.15) is 56.4 Å². The van der Waals surface area contributed by atoms with Gasteiger partial charge in [0.05, 0.1) is 19.1 Å². The molecule has 12 nitrogen and oxygen atoms in total. The molecular weight excluding hydrogens is 560 g/mol. The quantitative estimate of drug-likeness (QED) is 0.344. The number of carbonyl (C=O) groups excluding carboxylic acids is 2. The van der Waals surface area contributed by atoms with E-state index in [0.29, 0.717) is 54.9 Å². The average molecular weight is 597 g/mol. The molecule has 0 radical (unpaired) electrons. The minimum absolute atomic E-state index is 0.203. The highest BCUT2D eigenvalue weighted by Gasteiger charge is 2.28. The summed E-state index contributed by atoms with van der Waals surface area (Å²) in [7, 11) is 0.107. The van der Waals surface area contributed by atoms with Gasteiger partial charge in [0, 0.05) is 56.8 Å². The molecule has 2 N–H and O–H groups in total. The Bertz CT molecular complexity index is 1540. The van der Waals surface area contributed by atoms with Crippen LogP contribution in [0.3, 0.4) is 0 Å². The van der Waals surface area contributed by atoms with E-state index in [-0.39, 0.29) is 25.0 Å². The van der Waals surface area contributed by atoms with E-state index in [1.807, 2.05) is 30.3 Å². The highest BCUT2D eigenvalue weighted by molar-refractivity contribution is 7.88. The van der Waals surface area contributed by atoms with Crippen LogP contribution in [-0.2, 0) is 30.2 Å². The van der Waals surface area contributed by atoms with E-state index in [0.717, 1.165) is 29.7 Å². The van der Waals surface area contributed by atoms with Crippen LogP contribution in [0.2, 0.25) is 0 Å². The number of aromatic nitrogens is 2. The third-order valence-corrected chi connectivity index (χ3v) is 8.71. The number of carbonyl (C=O) groups is 2. The van der Waals surface area contributed by atoms with Crippen molar-refractivity contribution in [3.63, 3.8) is 0 Å². The van der Waals surface area contributed by atoms with Gasteiger partial charge in [0.25, 0.3) is 11.8 Å². The molecule has 5 rings (SSSR count). The number of hydrogen-bond acceptors (Lipinski definition) is 8. The van der Waals surface area contributed by atoms with Crippen LogP contribution in [-0.4, -0.2) is 78.9 Å². The normalized spacial score (nSPS) is 16.2. The first kappa shape index (κ1) is 29.5. The van der Waals surface area contributed by atoms with Crippen molar-refractivity contribution in [3.8, 4) is 11.5 Å². The number of ether oxygens (including phenoxy) is 2. The van der Waals surface area contributed by atoms with Gasteiger partial charge in [0.2, 0.25) is 10.0 Å². The fourth-order valence-corrected chi connectivity index (χ4v) is 5.67. The minimum atomic E-state index is -3.23. The second-order valence-corrected chi connectivity index (χ2v) is 12.5. The number of benzene rings is 2. The molecule has 1 aliphatic carbocycles. The predicted octanol–water partition coefficient (Wildman–Crippen LogP) is 2.04. The molecule has 1 aromatic heterocycles. The zero-order chi connectivity index (χ0) is 29.9. The number of piperazine rings is 1. The van der Waals surface area contributed by atoms with Gasteiger partial charge in [0.15, 0.2) is 11.5 Å². The Morgan fingerprint density at radius 1 is 1.02 bits per heavy atom. The molecule has 13 heteroatoms. The van der Waals surface area contributed by atoms with Gasteiger partial charge in [-0.3, -0.25) is 19.7 Å². The van der Waals surface area contributed by atoms with Crippen LogP contribution in [0.15, 0.2) is 48.5 Å². The molecule has 2 fully saturated rings. The summed E-state index contributed by atoms with van der Waals surface area (Å²) in [5.74, 6) is 1.08. The van der Waals surface area contributed by atoms with Crippen molar-refractivity contribution in [1.82, 2.24) is 29.8 Å². The minimum Gasteiger partial charge on any atom is -0.493 e. The number of amides is 2. The highest BCUT2D eigenvalue weighted by atomic mass is 32.2. The number of aryl methyl sites for hydroxylation is 1. The number of para-hydroxylation sites is 1. The van der Waals surface area contributed by atoms with Crippen LogP contribution in [0, 0.1) is 0 Å². The Kier molecular flexibility index (Phi) is 8.80. The van der Waals surface area contributed by atoms with E-state index < -0.39 is 10.0 Å². The molecule has 1 saturated carbocycles. The summed E-state index contributed by atoms with van der Waals surface area (Å²) in [6, 6.07) is 14.5. The zero-order valence-corrected chi connectivity index (χ0v) is 24.8. The van der Waals surface area contributed by atoms with Gasteiger partial charge in [0.1, 0.15) is 12.3 Å². The third-order valence-electron chi connectivity index (χ3n) is 7.41. The fraction of sp³-hybridized carbons (Fsp3) is 0.414. The smallest absolute Gasteiger partial charge is 0.269 e. The average Bonchev–Trinajstić information content (AvgIpc) is 3.76. The Labute approximate surface area is 245 Å². The van der Waals surface area contributed by atoms with Crippen LogP contribution in [0.25, 0.3) is 0 Å². The maximum Gasteiger partial charge on any atom is 0.269 e. The van der Waals surface area contributed by atoms with Crippen LogP contribution >= 0.6 is 0 Å². The summed E-state index contributed by atoms with van der Waals surface area (Å²) in [6.45, 7) is 2.01. The predicted molar refractivity (Wildman–Crippen MR) is 156 cm³/mol. The van der Waals surface area contributed by atoms with E-state index in [1.165, 1.54) is 10.6 Å². The second kappa shape index (κ2) is 12.5. The summed E-state index contributed by atoms with van der Waals surface area (Å²) in [5, 5.41) is 9.15. The molecule has 0 unspecified atom stereocenters. The Morgan fingerprint density at radius 2 is 1.74 bits per heavy atom. The van der Waals surface area contributed by atoms with Gasteiger partial charge < -0.3 is 14.8 Å². The summed E-state index contributed by atoms with van der Waals surface area (Å²) < 4.78 is 38.1. The Hall–Kier alpha value is -3.94. The van der Waals surface area contributed by atoms with Crippen molar-refractivity contribution in [2.24, 2.45) is 7.05 Å². The molecule has 224 valence electrons. The molecule has 2 aliphatic rings. The largest absolute Gasteiger partial charge is 0.493 e. The third kappa shape index (κ3) is 7.09. The molecule has 1 saturated heterocycles. The molecule has 2 heterocycles. The van der Waals surface area contributed by atoms with Crippen molar-refractivity contribution < 1.29 is 27.5 Å². The first-order valence-corrected chi connectivity index (χ1v) is 15.7. The maximum absolute atomic E-state index is 12.8. The molecule has 2 amide bonds. The monoisotopic (exact) mass is 596 g/mol. The second-order valence-electron chi connectivity index (χ2n) is 10.6. The van der Waals surface area contributed by atoms with Crippen molar-refractivity contribution >= 4 is 21.8 Å². The first-order chi connectivity index (χ1) is 20.1. The van der Waals surface area contributed by atoms with E-state index in [2.05, 4.69) is 15.8 Å². The van der Waals surface area contributed by atoms with Gasteiger partial charge >= 0.3 is 0 Å². The van der Waals surface area contributed by atoms with Crippen LogP contribution in [0.4, 0.5) is 0 Å². The maximum atomic E-state index is 12.8. The lowest BCUT2D eigenvalue weighted by atomic mass is 10.1. The first-order valence-electron chi connectivity index (χ1n) is 13.8. The molecule has 0 bridgehead atoms. The van der Waals surface area contributed by atoms with Crippen molar-refractivity contribution in [2.75, 3.05) is 39.5 Å². The van der Waals surface area contributed by atoms with Gasteiger partial charge in [-0.25, -0.2) is 13.4 Å². The van der Waals surface area contributed by atoms with E-state index in [4.69, 9.17) is 9.47 Å². The Morgan fingerprint density at radius 3 is 2.38 bits per heavy atom. The summed E-state index contributed by atoms with van der Waals surface area (Å²) in [5.41, 5.74) is 6.45. The van der Waals surface area contributed by atoms with Crippen molar-refractivity contribution in [2.45, 2.75) is 31.9 Å². The molecule has 3 aromatic rings. The van der Waals surface area contributed by atoms with E-state index in [1.54, 1.807) is 42.0 Å². The molecule has 0 spiro atoms. The Balaban J connectivity index is 1.14. The number of rotatable bonds is 11. The van der Waals surface area contributed by atoms with Gasteiger partial charge in [-0.2, -0.15) is 9.40 Å². The SMILES string of the molecule is COc1c(CNC(=O)c2cc(C3CC3)nn2C)cccc1OCc1ccc(C(=O)NN2CCN(S(C)(=O)=O)CC2)cc1. The van der Waals surface area contributed by atoms with Gasteiger partial charge in [-0.15, -0.1) is 0 Å². The number of methoxy groups -OCH3 is 1. The van der Waals surface area contributed by atoms with E-state index in [9.17, 15) is 18.0 Å². The molecular formula is C29H36N6O6S. The van der Waals surface area contributed by atoms with Gasteiger partial charge in [-0.1, -0.05) is 24.3 Å². The highest BCUT2D eigenvalue weighted by Crippen LogP contribution is 2.39. The lowest BCUT2D eigenvalue weighted by Gasteiger charge is -2.33. The molecule has 0 atom stereocenters. The van der Waals surface area contributed by atoms with Crippen LogP contribution in [0.5, 0.6) is 11.5 Å².